The van der Waals surface area contributed by atoms with E-state index in [0.717, 1.165) is 33.6 Å². The smallest absolute Gasteiger partial charge is 0.181 e. The lowest BCUT2D eigenvalue weighted by molar-refractivity contribution is 0.602. The minimum Gasteiger partial charge on any atom is -0.443 e. The van der Waals surface area contributed by atoms with Gasteiger partial charge in [-0.25, -0.2) is 4.98 Å². The van der Waals surface area contributed by atoms with E-state index in [-0.39, 0.29) is 0 Å². The van der Waals surface area contributed by atoms with E-state index in [0.29, 0.717) is 0 Å². The quantitative estimate of drug-likeness (QED) is 0.378. The van der Waals surface area contributed by atoms with Crippen LogP contribution in [0.25, 0.3) is 33.4 Å². The minimum atomic E-state index is 0.802. The molecule has 5 rings (SSSR count). The van der Waals surface area contributed by atoms with Gasteiger partial charge in [0.05, 0.1) is 0 Å². The van der Waals surface area contributed by atoms with Crippen molar-refractivity contribution in [1.82, 2.24) is 4.98 Å². The van der Waals surface area contributed by atoms with Crippen LogP contribution in [0.5, 0.6) is 0 Å². The number of benzene rings is 4. The summed E-state index contributed by atoms with van der Waals surface area (Å²) in [4.78, 5) is 4.25. The summed E-state index contributed by atoms with van der Waals surface area (Å²) in [5.74, 6) is 0. The second kappa shape index (κ2) is 7.05. The fraction of sp³-hybridized carbons (Fsp3) is 0. The Morgan fingerprint density at radius 1 is 0.571 bits per heavy atom. The third kappa shape index (κ3) is 3.26. The van der Waals surface area contributed by atoms with Gasteiger partial charge in [0.1, 0.15) is 5.52 Å². The molecule has 0 fully saturated rings. The predicted molar refractivity (Wildman–Crippen MR) is 115 cm³/mol. The molecule has 5 aromatic rings. The molecule has 0 radical (unpaired) electrons. The summed E-state index contributed by atoms with van der Waals surface area (Å²) in [7, 11) is 0. The topological polar surface area (TPSA) is 38.1 Å². The highest BCUT2D eigenvalue weighted by Gasteiger charge is 2.04. The second-order valence-electron chi connectivity index (χ2n) is 6.68. The SMILES string of the molecule is c1ccc(-c2ccc(Nc3cccc(-c4ccc5ocnc5c4)c3)cc2)cc1. The number of hydrogen-bond acceptors (Lipinski definition) is 3. The summed E-state index contributed by atoms with van der Waals surface area (Å²) in [5.41, 5.74) is 8.46. The largest absolute Gasteiger partial charge is 0.443 e. The third-order valence-electron chi connectivity index (χ3n) is 4.81. The van der Waals surface area contributed by atoms with E-state index in [9.17, 15) is 0 Å². The molecule has 4 aromatic carbocycles. The van der Waals surface area contributed by atoms with Crippen molar-refractivity contribution < 1.29 is 4.42 Å². The van der Waals surface area contributed by atoms with E-state index in [2.05, 4.69) is 89.2 Å². The summed E-state index contributed by atoms with van der Waals surface area (Å²) in [6.07, 6.45) is 1.48. The number of hydrogen-bond donors (Lipinski definition) is 1. The summed E-state index contributed by atoms with van der Waals surface area (Å²) in [6.45, 7) is 0. The molecule has 3 nitrogen and oxygen atoms in total. The fourth-order valence-electron chi connectivity index (χ4n) is 3.36. The molecule has 134 valence electrons. The van der Waals surface area contributed by atoms with Crippen LogP contribution in [0.15, 0.2) is 108 Å². The minimum absolute atomic E-state index is 0.802. The Morgan fingerprint density at radius 2 is 1.29 bits per heavy atom. The van der Waals surface area contributed by atoms with Crippen LogP contribution in [0.1, 0.15) is 0 Å². The molecule has 3 heteroatoms. The average Bonchev–Trinajstić information content (AvgIpc) is 3.23. The highest BCUT2D eigenvalue weighted by molar-refractivity contribution is 5.81. The van der Waals surface area contributed by atoms with Gasteiger partial charge >= 0.3 is 0 Å². The number of nitrogens with zero attached hydrogens (tertiary/aromatic N) is 1. The first-order valence-electron chi connectivity index (χ1n) is 9.21. The van der Waals surface area contributed by atoms with Crippen molar-refractivity contribution in [3.63, 3.8) is 0 Å². The first-order chi connectivity index (χ1) is 13.8. The standard InChI is InChI=1S/C25H18N2O/c1-2-5-18(6-3-1)19-9-12-22(13-10-19)27-23-8-4-7-20(15-23)21-11-14-25-24(16-21)26-17-28-25/h1-17,27H. The molecule has 28 heavy (non-hydrogen) atoms. The summed E-state index contributed by atoms with van der Waals surface area (Å²) < 4.78 is 5.33. The molecule has 1 aromatic heterocycles. The third-order valence-corrected chi connectivity index (χ3v) is 4.81. The van der Waals surface area contributed by atoms with Gasteiger partial charge in [-0.05, 0) is 58.7 Å². The maximum Gasteiger partial charge on any atom is 0.181 e. The Morgan fingerprint density at radius 3 is 2.14 bits per heavy atom. The van der Waals surface area contributed by atoms with Gasteiger partial charge in [0.15, 0.2) is 12.0 Å². The Hall–Kier alpha value is -3.85. The number of oxazole rings is 1. The molecule has 0 spiro atoms. The molecular weight excluding hydrogens is 344 g/mol. The predicted octanol–water partition coefficient (Wildman–Crippen LogP) is 6.91. The second-order valence-corrected chi connectivity index (χ2v) is 6.68. The van der Waals surface area contributed by atoms with Gasteiger partial charge < -0.3 is 9.73 Å². The fourth-order valence-corrected chi connectivity index (χ4v) is 3.36. The highest BCUT2D eigenvalue weighted by Crippen LogP contribution is 2.28. The lowest BCUT2D eigenvalue weighted by Crippen LogP contribution is -1.90. The molecular formula is C25H18N2O. The number of rotatable bonds is 4. The molecule has 1 heterocycles. The normalized spacial score (nSPS) is 10.9. The van der Waals surface area contributed by atoms with E-state index in [1.54, 1.807) is 0 Å². The van der Waals surface area contributed by atoms with Crippen molar-refractivity contribution in [3.8, 4) is 22.3 Å². The van der Waals surface area contributed by atoms with Gasteiger partial charge in [-0.2, -0.15) is 0 Å². The Balaban J connectivity index is 1.39. The van der Waals surface area contributed by atoms with Gasteiger partial charge in [0.2, 0.25) is 0 Å². The lowest BCUT2D eigenvalue weighted by atomic mass is 10.0. The van der Waals surface area contributed by atoms with Crippen LogP contribution in [0.2, 0.25) is 0 Å². The van der Waals surface area contributed by atoms with Crippen LogP contribution in [-0.2, 0) is 0 Å². The van der Waals surface area contributed by atoms with Crippen molar-refractivity contribution in [3.05, 3.63) is 103 Å². The van der Waals surface area contributed by atoms with Gasteiger partial charge in [-0.15, -0.1) is 0 Å². The van der Waals surface area contributed by atoms with Gasteiger partial charge in [-0.1, -0.05) is 60.7 Å². The lowest BCUT2D eigenvalue weighted by Gasteiger charge is -2.10. The molecule has 0 atom stereocenters. The molecule has 0 amide bonds. The van der Waals surface area contributed by atoms with Crippen molar-refractivity contribution in [1.29, 1.82) is 0 Å². The number of anilines is 2. The molecule has 0 unspecified atom stereocenters. The van der Waals surface area contributed by atoms with E-state index in [1.165, 1.54) is 17.5 Å². The molecule has 0 bridgehead atoms. The van der Waals surface area contributed by atoms with E-state index < -0.39 is 0 Å². The monoisotopic (exact) mass is 362 g/mol. The molecule has 0 aliphatic rings. The Labute approximate surface area is 163 Å². The van der Waals surface area contributed by atoms with E-state index in [4.69, 9.17) is 4.42 Å². The van der Waals surface area contributed by atoms with Gasteiger partial charge in [-0.3, -0.25) is 0 Å². The van der Waals surface area contributed by atoms with Crippen molar-refractivity contribution in [2.75, 3.05) is 5.32 Å². The van der Waals surface area contributed by atoms with E-state index >= 15 is 0 Å². The summed E-state index contributed by atoms with van der Waals surface area (Å²) in [5, 5.41) is 3.49. The molecule has 0 aliphatic carbocycles. The summed E-state index contributed by atoms with van der Waals surface area (Å²) >= 11 is 0. The Kier molecular flexibility index (Phi) is 4.11. The molecule has 0 saturated heterocycles. The zero-order valence-electron chi connectivity index (χ0n) is 15.2. The maximum absolute atomic E-state index is 5.33. The highest BCUT2D eigenvalue weighted by atomic mass is 16.3. The maximum atomic E-state index is 5.33. The average molecular weight is 362 g/mol. The van der Waals surface area contributed by atoms with Crippen LogP contribution < -0.4 is 5.32 Å². The molecule has 0 aliphatic heterocycles. The van der Waals surface area contributed by atoms with Crippen molar-refractivity contribution >= 4 is 22.5 Å². The van der Waals surface area contributed by atoms with Crippen LogP contribution in [0, 0.1) is 0 Å². The van der Waals surface area contributed by atoms with Gasteiger partial charge in [0.25, 0.3) is 0 Å². The number of fused-ring (bicyclic) bond motifs is 1. The van der Waals surface area contributed by atoms with Crippen molar-refractivity contribution in [2.45, 2.75) is 0 Å². The Bertz CT molecular complexity index is 1220. The zero-order chi connectivity index (χ0) is 18.8. The van der Waals surface area contributed by atoms with Crippen LogP contribution in [0.4, 0.5) is 11.4 Å². The van der Waals surface area contributed by atoms with E-state index in [1.807, 2.05) is 18.2 Å². The van der Waals surface area contributed by atoms with Crippen LogP contribution in [-0.4, -0.2) is 4.98 Å². The van der Waals surface area contributed by atoms with Gasteiger partial charge in [0, 0.05) is 11.4 Å². The number of aromatic nitrogens is 1. The van der Waals surface area contributed by atoms with Crippen LogP contribution >= 0.6 is 0 Å². The van der Waals surface area contributed by atoms with Crippen LogP contribution in [0.3, 0.4) is 0 Å². The zero-order valence-corrected chi connectivity index (χ0v) is 15.2. The molecule has 0 saturated carbocycles. The first kappa shape index (κ1) is 16.3. The first-order valence-corrected chi connectivity index (χ1v) is 9.21. The summed E-state index contributed by atoms with van der Waals surface area (Å²) in [6, 6.07) is 33.3. The molecule has 1 N–H and O–H groups in total. The van der Waals surface area contributed by atoms with Crippen molar-refractivity contribution in [2.24, 2.45) is 0 Å². The number of nitrogens with one attached hydrogen (secondary N) is 1.